The van der Waals surface area contributed by atoms with Crippen molar-refractivity contribution in [1.82, 2.24) is 14.4 Å². The van der Waals surface area contributed by atoms with Crippen molar-refractivity contribution in [3.05, 3.63) is 70.0 Å². The lowest BCUT2D eigenvalue weighted by Crippen LogP contribution is -2.49. The largest absolute Gasteiger partial charge is 0.497 e. The van der Waals surface area contributed by atoms with Crippen molar-refractivity contribution in [2.75, 3.05) is 46.6 Å². The number of hydrogen-bond acceptors (Lipinski definition) is 9. The molecule has 0 saturated carbocycles. The van der Waals surface area contributed by atoms with Crippen LogP contribution in [0, 0.1) is 0 Å². The van der Waals surface area contributed by atoms with Gasteiger partial charge in [0.1, 0.15) is 24.6 Å². The van der Waals surface area contributed by atoms with Gasteiger partial charge in [0, 0.05) is 62.4 Å². The van der Waals surface area contributed by atoms with E-state index in [1.165, 1.54) is 6.08 Å². The quantitative estimate of drug-likeness (QED) is 0.215. The molecule has 2 aromatic carbocycles. The zero-order valence-electron chi connectivity index (χ0n) is 28.0. The highest BCUT2D eigenvalue weighted by molar-refractivity contribution is 5.94. The maximum atomic E-state index is 13.5. The second-order valence-electron chi connectivity index (χ2n) is 12.7. The maximum Gasteiger partial charge on any atom is 0.410 e. The van der Waals surface area contributed by atoms with Crippen molar-refractivity contribution in [2.24, 2.45) is 0 Å². The minimum absolute atomic E-state index is 0.00687. The third-order valence-corrected chi connectivity index (χ3v) is 8.26. The fourth-order valence-electron chi connectivity index (χ4n) is 5.98. The van der Waals surface area contributed by atoms with Crippen LogP contribution in [0.3, 0.4) is 0 Å². The van der Waals surface area contributed by atoms with E-state index in [1.54, 1.807) is 36.8 Å². The van der Waals surface area contributed by atoms with E-state index in [1.807, 2.05) is 56.0 Å². The van der Waals surface area contributed by atoms with Crippen LogP contribution in [0.4, 0.5) is 4.79 Å². The first-order chi connectivity index (χ1) is 22.5. The van der Waals surface area contributed by atoms with Gasteiger partial charge in [-0.25, -0.2) is 9.59 Å². The molecule has 11 heteroatoms. The first-order valence-corrected chi connectivity index (χ1v) is 16.2. The Bertz CT molecular complexity index is 1670. The molecule has 1 saturated heterocycles. The van der Waals surface area contributed by atoms with E-state index in [-0.39, 0.29) is 24.3 Å². The summed E-state index contributed by atoms with van der Waals surface area (Å²) in [6, 6.07) is 12.8. The van der Waals surface area contributed by atoms with Crippen LogP contribution in [0.25, 0.3) is 17.0 Å². The molecule has 0 atom stereocenters. The van der Waals surface area contributed by atoms with Crippen molar-refractivity contribution in [3.8, 4) is 17.2 Å². The van der Waals surface area contributed by atoms with Gasteiger partial charge >= 0.3 is 12.1 Å². The van der Waals surface area contributed by atoms with E-state index in [9.17, 15) is 14.4 Å². The minimum atomic E-state index is -0.619. The molecule has 0 N–H and O–H groups in total. The Morgan fingerprint density at radius 3 is 2.45 bits per heavy atom. The number of methoxy groups -OCH3 is 1. The Kier molecular flexibility index (Phi) is 10.8. The lowest BCUT2D eigenvalue weighted by molar-refractivity contribution is -0.137. The average molecular weight is 648 g/mol. The summed E-state index contributed by atoms with van der Waals surface area (Å²) < 4.78 is 29.6. The number of ether oxygens (including phenoxy) is 5. The molecular weight excluding hydrogens is 602 g/mol. The number of piperidine rings is 1. The zero-order chi connectivity index (χ0) is 33.6. The second-order valence-corrected chi connectivity index (χ2v) is 12.7. The lowest BCUT2D eigenvalue weighted by atomic mass is 10.0. The van der Waals surface area contributed by atoms with Gasteiger partial charge in [0.15, 0.2) is 11.5 Å². The molecule has 0 aliphatic carbocycles. The maximum absolute atomic E-state index is 13.5. The number of pyridine rings is 1. The van der Waals surface area contributed by atoms with Crippen molar-refractivity contribution in [2.45, 2.75) is 65.3 Å². The monoisotopic (exact) mass is 647 g/mol. The summed E-state index contributed by atoms with van der Waals surface area (Å²) in [5, 5.41) is 0.830. The molecule has 3 aromatic rings. The van der Waals surface area contributed by atoms with Crippen LogP contribution < -0.4 is 19.8 Å². The Labute approximate surface area is 275 Å². The number of likely N-dealkylation sites (tertiary alicyclic amines) is 1. The number of esters is 1. The van der Waals surface area contributed by atoms with Crippen LogP contribution in [0.15, 0.2) is 53.3 Å². The first-order valence-electron chi connectivity index (χ1n) is 16.2. The normalized spacial score (nSPS) is 15.5. The van der Waals surface area contributed by atoms with E-state index < -0.39 is 11.6 Å². The molecule has 1 aromatic heterocycles. The Balaban J connectivity index is 1.29. The highest BCUT2D eigenvalue weighted by Gasteiger charge is 2.31. The zero-order valence-corrected chi connectivity index (χ0v) is 28.0. The first kappa shape index (κ1) is 33.8. The van der Waals surface area contributed by atoms with E-state index in [2.05, 4.69) is 4.90 Å². The fraction of sp³-hybridized carbons (Fsp3) is 0.472. The summed E-state index contributed by atoms with van der Waals surface area (Å²) in [5.41, 5.74) is 1.69. The molecule has 2 aliphatic heterocycles. The van der Waals surface area contributed by atoms with Crippen LogP contribution >= 0.6 is 0 Å². The van der Waals surface area contributed by atoms with E-state index in [0.29, 0.717) is 50.1 Å². The fourth-order valence-corrected chi connectivity index (χ4v) is 5.98. The number of carbonyl (C=O) groups excluding carboxylic acids is 2. The lowest BCUT2D eigenvalue weighted by Gasteiger charge is -2.39. The van der Waals surface area contributed by atoms with Gasteiger partial charge < -0.3 is 38.1 Å². The van der Waals surface area contributed by atoms with Gasteiger partial charge in [0.05, 0.1) is 19.2 Å². The number of carbonyl (C=O) groups is 2. The molecule has 1 amide bonds. The third-order valence-electron chi connectivity index (χ3n) is 8.26. The number of amides is 1. The smallest absolute Gasteiger partial charge is 0.410 e. The number of fused-ring (bicyclic) bond motifs is 2. The number of hydrogen-bond donors (Lipinski definition) is 0. The van der Waals surface area contributed by atoms with Gasteiger partial charge in [-0.15, -0.1) is 0 Å². The average Bonchev–Trinajstić information content (AvgIpc) is 3.05. The molecule has 0 bridgehead atoms. The Morgan fingerprint density at radius 1 is 1.00 bits per heavy atom. The van der Waals surface area contributed by atoms with Gasteiger partial charge in [-0.1, -0.05) is 6.07 Å². The van der Waals surface area contributed by atoms with Gasteiger partial charge in [-0.2, -0.15) is 0 Å². The van der Waals surface area contributed by atoms with Crippen LogP contribution in [0.2, 0.25) is 0 Å². The summed E-state index contributed by atoms with van der Waals surface area (Å²) >= 11 is 0. The van der Waals surface area contributed by atoms with Crippen molar-refractivity contribution in [1.29, 1.82) is 0 Å². The predicted octanol–water partition coefficient (Wildman–Crippen LogP) is 5.26. The number of nitrogens with zero attached hydrogens (tertiary/aromatic N) is 3. The van der Waals surface area contributed by atoms with E-state index in [0.717, 1.165) is 48.0 Å². The molecule has 5 rings (SSSR count). The molecule has 252 valence electrons. The van der Waals surface area contributed by atoms with Crippen molar-refractivity contribution in [3.63, 3.8) is 0 Å². The van der Waals surface area contributed by atoms with Crippen LogP contribution in [-0.2, 0) is 27.4 Å². The standard InChI is InChI=1S/C36H45N3O8/c1-6-44-34(41)12-8-26-22-28(43-5)23-30-29(26)9-11-33(40)38(30)18-17-37-15-13-27(14-16-37)39(35(42)47-36(2,3)4)24-25-7-10-31-32(21-25)46-20-19-45-31/h7-12,21-23,27H,6,13-20,24H2,1-5H3/b12-8-. The molecule has 0 unspecified atom stereocenters. The summed E-state index contributed by atoms with van der Waals surface area (Å²) in [6.45, 7) is 11.8. The van der Waals surface area contributed by atoms with Crippen LogP contribution in [-0.4, -0.2) is 84.6 Å². The second kappa shape index (κ2) is 14.9. The number of benzene rings is 2. The van der Waals surface area contributed by atoms with E-state index >= 15 is 0 Å². The van der Waals surface area contributed by atoms with Gasteiger partial charge in [-0.05, 0) is 82.0 Å². The summed E-state index contributed by atoms with van der Waals surface area (Å²) in [7, 11) is 1.57. The Morgan fingerprint density at radius 2 is 1.74 bits per heavy atom. The molecule has 1 fully saturated rings. The van der Waals surface area contributed by atoms with Crippen LogP contribution in [0.1, 0.15) is 51.7 Å². The minimum Gasteiger partial charge on any atom is -0.497 e. The summed E-state index contributed by atoms with van der Waals surface area (Å²) in [6.07, 6.45) is 4.26. The van der Waals surface area contributed by atoms with Gasteiger partial charge in [-0.3, -0.25) is 4.79 Å². The summed E-state index contributed by atoms with van der Waals surface area (Å²) in [5.74, 6) is 1.56. The highest BCUT2D eigenvalue weighted by atomic mass is 16.6. The van der Waals surface area contributed by atoms with Gasteiger partial charge in [0.2, 0.25) is 0 Å². The van der Waals surface area contributed by atoms with Crippen molar-refractivity contribution >= 4 is 29.0 Å². The predicted molar refractivity (Wildman–Crippen MR) is 179 cm³/mol. The SMILES string of the molecule is CCOC(=O)/C=C\c1cc(OC)cc2c1ccc(=O)n2CCN1CCC(N(Cc2ccc3c(c2)OCCO3)C(=O)OC(C)(C)C)CC1. The van der Waals surface area contributed by atoms with Crippen molar-refractivity contribution < 1.29 is 33.3 Å². The van der Waals surface area contributed by atoms with Gasteiger partial charge in [0.25, 0.3) is 5.56 Å². The molecule has 11 nitrogen and oxygen atoms in total. The Hall–Kier alpha value is -4.51. The molecule has 3 heterocycles. The molecule has 0 radical (unpaired) electrons. The summed E-state index contributed by atoms with van der Waals surface area (Å²) in [4.78, 5) is 42.7. The third kappa shape index (κ3) is 8.65. The highest BCUT2D eigenvalue weighted by Crippen LogP contribution is 2.32. The van der Waals surface area contributed by atoms with E-state index in [4.69, 9.17) is 23.7 Å². The topological polar surface area (TPSA) is 109 Å². The molecular formula is C36H45N3O8. The van der Waals surface area contributed by atoms with Crippen LogP contribution in [0.5, 0.6) is 17.2 Å². The number of rotatable bonds is 10. The number of aromatic nitrogens is 1. The molecule has 47 heavy (non-hydrogen) atoms. The molecule has 0 spiro atoms. The molecule has 2 aliphatic rings.